The third-order valence-corrected chi connectivity index (χ3v) is 4.57. The summed E-state index contributed by atoms with van der Waals surface area (Å²) in [6, 6.07) is 15.5. The number of anilines is 1. The maximum atomic E-state index is 12.6. The van der Waals surface area contributed by atoms with Crippen LogP contribution in [0.25, 0.3) is 17.0 Å². The number of nitrogens with one attached hydrogen (secondary N) is 1. The normalized spacial score (nSPS) is 11.1. The zero-order valence-electron chi connectivity index (χ0n) is 15.0. The molecule has 2 aromatic carbocycles. The number of hydrogen-bond acceptors (Lipinski definition) is 5. The monoisotopic (exact) mass is 414 g/mol. The summed E-state index contributed by atoms with van der Waals surface area (Å²) in [5.74, 6) is -3.94. The van der Waals surface area contributed by atoms with Gasteiger partial charge in [0, 0.05) is 28.1 Å². The molecule has 3 rings (SSSR count). The third kappa shape index (κ3) is 5.86. The number of halogens is 2. The van der Waals surface area contributed by atoms with Gasteiger partial charge in [-0.25, -0.2) is 4.79 Å². The minimum Gasteiger partial charge on any atom is -0.452 e. The van der Waals surface area contributed by atoms with Gasteiger partial charge in [0.15, 0.2) is 6.61 Å². The van der Waals surface area contributed by atoms with Gasteiger partial charge in [-0.2, -0.15) is 8.78 Å². The Labute approximate surface area is 169 Å². The van der Waals surface area contributed by atoms with Crippen molar-refractivity contribution in [2.45, 2.75) is 10.7 Å². The average Bonchev–Trinajstić information content (AvgIpc) is 2.71. The van der Waals surface area contributed by atoms with Gasteiger partial charge in [0.2, 0.25) is 0 Å². The highest BCUT2D eigenvalue weighted by atomic mass is 32.2. The molecule has 1 aromatic heterocycles. The fourth-order valence-corrected chi connectivity index (χ4v) is 3.15. The van der Waals surface area contributed by atoms with Crippen molar-refractivity contribution in [1.82, 2.24) is 4.98 Å². The first-order chi connectivity index (χ1) is 14.0. The van der Waals surface area contributed by atoms with Crippen LogP contribution in [-0.4, -0.2) is 29.2 Å². The molecule has 5 nitrogen and oxygen atoms in total. The van der Waals surface area contributed by atoms with Crippen LogP contribution in [0.4, 0.5) is 14.5 Å². The van der Waals surface area contributed by atoms with Crippen molar-refractivity contribution in [2.75, 3.05) is 11.9 Å². The molecule has 0 bridgehead atoms. The van der Waals surface area contributed by atoms with Crippen LogP contribution in [0.15, 0.2) is 71.8 Å². The number of aromatic nitrogens is 1. The molecule has 1 amide bonds. The number of alkyl halides is 2. The number of ether oxygens (including phenoxy) is 1. The van der Waals surface area contributed by atoms with Crippen molar-refractivity contribution in [2.24, 2.45) is 0 Å². The van der Waals surface area contributed by atoms with Crippen molar-refractivity contribution in [3.05, 3.63) is 72.4 Å². The maximum absolute atomic E-state index is 12.6. The van der Waals surface area contributed by atoms with Gasteiger partial charge in [-0.15, -0.1) is 0 Å². The number of esters is 1. The Bertz CT molecular complexity index is 1050. The van der Waals surface area contributed by atoms with Crippen LogP contribution in [0.3, 0.4) is 0 Å². The standard InChI is InChI=1S/C21H16F2N2O3S/c22-21(23)29-17-9-2-1-8-16(17)25-18(26)13-28-19(27)11-10-15-6-3-5-14-7-4-12-24-20(14)15/h1-12,21H,13H2,(H,25,26). The van der Waals surface area contributed by atoms with Gasteiger partial charge in [0.05, 0.1) is 11.2 Å². The molecule has 8 heteroatoms. The molecule has 0 fully saturated rings. The van der Waals surface area contributed by atoms with Gasteiger partial charge < -0.3 is 10.1 Å². The molecule has 0 aliphatic heterocycles. The molecule has 0 radical (unpaired) electrons. The lowest BCUT2D eigenvalue weighted by molar-refractivity contribution is -0.142. The number of para-hydroxylation sites is 2. The minimum atomic E-state index is -2.61. The van der Waals surface area contributed by atoms with Crippen molar-refractivity contribution in [3.63, 3.8) is 0 Å². The highest BCUT2D eigenvalue weighted by molar-refractivity contribution is 7.99. The first kappa shape index (κ1) is 20.5. The Morgan fingerprint density at radius 3 is 2.72 bits per heavy atom. The van der Waals surface area contributed by atoms with E-state index in [2.05, 4.69) is 10.3 Å². The molecule has 0 aliphatic carbocycles. The van der Waals surface area contributed by atoms with E-state index in [0.29, 0.717) is 11.8 Å². The van der Waals surface area contributed by atoms with Crippen LogP contribution in [0.1, 0.15) is 5.56 Å². The zero-order valence-corrected chi connectivity index (χ0v) is 15.9. The predicted molar refractivity (Wildman–Crippen MR) is 109 cm³/mol. The molecule has 0 saturated heterocycles. The van der Waals surface area contributed by atoms with Crippen LogP contribution in [0.5, 0.6) is 0 Å². The maximum Gasteiger partial charge on any atom is 0.331 e. The highest BCUT2D eigenvalue weighted by Crippen LogP contribution is 2.31. The summed E-state index contributed by atoms with van der Waals surface area (Å²) in [4.78, 5) is 28.4. The molecule has 0 aliphatic rings. The summed E-state index contributed by atoms with van der Waals surface area (Å²) >= 11 is 0.325. The summed E-state index contributed by atoms with van der Waals surface area (Å²) in [6.45, 7) is -0.537. The minimum absolute atomic E-state index is 0.227. The second-order valence-electron chi connectivity index (χ2n) is 5.79. The Balaban J connectivity index is 1.57. The highest BCUT2D eigenvalue weighted by Gasteiger charge is 2.12. The summed E-state index contributed by atoms with van der Waals surface area (Å²) < 4.78 is 30.1. The molecule has 1 N–H and O–H groups in total. The van der Waals surface area contributed by atoms with E-state index in [1.165, 1.54) is 18.2 Å². The van der Waals surface area contributed by atoms with Gasteiger partial charge >= 0.3 is 5.97 Å². The summed E-state index contributed by atoms with van der Waals surface area (Å²) in [5.41, 5.74) is 1.71. The van der Waals surface area contributed by atoms with Gasteiger partial charge in [-0.05, 0) is 24.3 Å². The number of hydrogen-bond donors (Lipinski definition) is 1. The largest absolute Gasteiger partial charge is 0.452 e. The zero-order chi connectivity index (χ0) is 20.6. The van der Waals surface area contributed by atoms with E-state index in [0.717, 1.165) is 16.5 Å². The fraction of sp³-hybridized carbons (Fsp3) is 0.0952. The van der Waals surface area contributed by atoms with Gasteiger partial charge in [-0.3, -0.25) is 9.78 Å². The second-order valence-corrected chi connectivity index (χ2v) is 6.82. The molecule has 0 unspecified atom stereocenters. The molecule has 3 aromatic rings. The van der Waals surface area contributed by atoms with Gasteiger partial charge in [-0.1, -0.05) is 48.2 Å². The first-order valence-corrected chi connectivity index (χ1v) is 9.43. The average molecular weight is 414 g/mol. The number of rotatable bonds is 7. The van der Waals surface area contributed by atoms with Crippen LogP contribution in [0, 0.1) is 0 Å². The Kier molecular flexibility index (Phi) is 6.91. The molecule has 29 heavy (non-hydrogen) atoms. The third-order valence-electron chi connectivity index (χ3n) is 3.79. The SMILES string of the molecule is O=C(COC(=O)C=Cc1cccc2cccnc12)Nc1ccccc1SC(F)F. The van der Waals surface area contributed by atoms with Gasteiger partial charge in [0.25, 0.3) is 11.7 Å². The fourth-order valence-electron chi connectivity index (χ4n) is 2.56. The number of amides is 1. The van der Waals surface area contributed by atoms with Crippen molar-refractivity contribution < 1.29 is 23.1 Å². The van der Waals surface area contributed by atoms with Crippen molar-refractivity contribution >= 4 is 46.3 Å². The van der Waals surface area contributed by atoms with E-state index in [-0.39, 0.29) is 10.6 Å². The lowest BCUT2D eigenvalue weighted by Crippen LogP contribution is -2.20. The number of carbonyl (C=O) groups is 2. The van der Waals surface area contributed by atoms with E-state index in [1.54, 1.807) is 24.4 Å². The Morgan fingerprint density at radius 1 is 1.10 bits per heavy atom. The number of benzene rings is 2. The quantitative estimate of drug-likeness (QED) is 0.343. The Morgan fingerprint density at radius 2 is 1.90 bits per heavy atom. The second kappa shape index (κ2) is 9.79. The molecule has 0 spiro atoms. The lowest BCUT2D eigenvalue weighted by Gasteiger charge is -2.10. The predicted octanol–water partition coefficient (Wildman–Crippen LogP) is 4.74. The van der Waals surface area contributed by atoms with Crippen LogP contribution in [0.2, 0.25) is 0 Å². The van der Waals surface area contributed by atoms with E-state index < -0.39 is 24.2 Å². The van der Waals surface area contributed by atoms with E-state index in [4.69, 9.17) is 4.74 Å². The molecular formula is C21H16F2N2O3S. The van der Waals surface area contributed by atoms with Crippen LogP contribution in [-0.2, 0) is 14.3 Å². The number of fused-ring (bicyclic) bond motifs is 1. The summed E-state index contributed by atoms with van der Waals surface area (Å²) in [6.07, 6.45) is 4.42. The Hall–Kier alpha value is -3.26. The number of carbonyl (C=O) groups excluding carboxylic acids is 2. The molecule has 0 saturated carbocycles. The first-order valence-electron chi connectivity index (χ1n) is 8.55. The van der Waals surface area contributed by atoms with E-state index in [9.17, 15) is 18.4 Å². The number of thioether (sulfide) groups is 1. The molecule has 1 heterocycles. The molecule has 148 valence electrons. The van der Waals surface area contributed by atoms with Crippen LogP contribution < -0.4 is 5.32 Å². The van der Waals surface area contributed by atoms with Crippen LogP contribution >= 0.6 is 11.8 Å². The topological polar surface area (TPSA) is 68.3 Å². The van der Waals surface area contributed by atoms with Gasteiger partial charge in [0.1, 0.15) is 0 Å². The number of pyridine rings is 1. The van der Waals surface area contributed by atoms with Crippen molar-refractivity contribution in [3.8, 4) is 0 Å². The summed E-state index contributed by atoms with van der Waals surface area (Å²) in [7, 11) is 0. The molecular weight excluding hydrogens is 398 g/mol. The number of nitrogens with zero attached hydrogens (tertiary/aromatic N) is 1. The van der Waals surface area contributed by atoms with E-state index in [1.807, 2.05) is 30.3 Å². The smallest absolute Gasteiger partial charge is 0.331 e. The summed E-state index contributed by atoms with van der Waals surface area (Å²) in [5, 5.41) is 3.40. The lowest BCUT2D eigenvalue weighted by atomic mass is 10.1. The molecule has 0 atom stereocenters. The van der Waals surface area contributed by atoms with E-state index >= 15 is 0 Å². The van der Waals surface area contributed by atoms with Crippen molar-refractivity contribution in [1.29, 1.82) is 0 Å².